The van der Waals surface area contributed by atoms with E-state index in [2.05, 4.69) is 11.4 Å². The van der Waals surface area contributed by atoms with Crippen molar-refractivity contribution in [3.05, 3.63) is 35.9 Å². The number of carbonyl (C=O) groups is 2. The zero-order valence-electron chi connectivity index (χ0n) is 11.3. The van der Waals surface area contributed by atoms with Gasteiger partial charge in [-0.3, -0.25) is 4.79 Å². The Hall–Kier alpha value is -2.35. The van der Waals surface area contributed by atoms with E-state index in [4.69, 9.17) is 10.00 Å². The number of hydrogen-bond donors (Lipinski definition) is 1. The molecular weight excluding hydrogens is 256 g/mol. The van der Waals surface area contributed by atoms with E-state index < -0.39 is 17.4 Å². The van der Waals surface area contributed by atoms with Gasteiger partial charge >= 0.3 is 5.97 Å². The van der Waals surface area contributed by atoms with E-state index in [0.717, 1.165) is 12.8 Å². The number of ether oxygens (including phenoxy) is 1. The average molecular weight is 272 g/mol. The number of nitriles is 1. The Kier molecular flexibility index (Phi) is 4.04. The molecule has 1 saturated carbocycles. The summed E-state index contributed by atoms with van der Waals surface area (Å²) in [7, 11) is 0. The molecule has 1 N–H and O–H groups in total. The molecule has 1 amide bonds. The third-order valence-corrected chi connectivity index (χ3v) is 3.37. The van der Waals surface area contributed by atoms with Crippen LogP contribution in [0.15, 0.2) is 30.3 Å². The van der Waals surface area contributed by atoms with Gasteiger partial charge in [0, 0.05) is 0 Å². The lowest BCUT2D eigenvalue weighted by Gasteiger charge is -2.22. The third-order valence-electron chi connectivity index (χ3n) is 3.37. The SMILES string of the molecule is C[C@](C#N)(NC(=O)COC(=O)c1ccccc1)C1CC1. The Bertz CT molecular complexity index is 546. The van der Waals surface area contributed by atoms with Crippen LogP contribution in [0.4, 0.5) is 0 Å². The lowest BCUT2D eigenvalue weighted by molar-refractivity contribution is -0.125. The monoisotopic (exact) mass is 272 g/mol. The first-order chi connectivity index (χ1) is 9.55. The molecule has 0 saturated heterocycles. The van der Waals surface area contributed by atoms with Gasteiger partial charge in [0.05, 0.1) is 11.6 Å². The molecule has 1 aromatic carbocycles. The molecule has 0 radical (unpaired) electrons. The van der Waals surface area contributed by atoms with Gasteiger partial charge < -0.3 is 10.1 Å². The molecule has 1 fully saturated rings. The van der Waals surface area contributed by atoms with Gasteiger partial charge in [0.2, 0.25) is 0 Å². The van der Waals surface area contributed by atoms with Crippen LogP contribution in [0.1, 0.15) is 30.1 Å². The summed E-state index contributed by atoms with van der Waals surface area (Å²) in [5, 5.41) is 11.8. The summed E-state index contributed by atoms with van der Waals surface area (Å²) in [6.07, 6.45) is 1.88. The van der Waals surface area contributed by atoms with Crippen LogP contribution >= 0.6 is 0 Å². The zero-order valence-corrected chi connectivity index (χ0v) is 11.3. The van der Waals surface area contributed by atoms with Crippen LogP contribution in [-0.4, -0.2) is 24.0 Å². The van der Waals surface area contributed by atoms with Crippen molar-refractivity contribution >= 4 is 11.9 Å². The molecule has 0 bridgehead atoms. The van der Waals surface area contributed by atoms with Crippen molar-refractivity contribution in [1.82, 2.24) is 5.32 Å². The first-order valence-corrected chi connectivity index (χ1v) is 6.49. The van der Waals surface area contributed by atoms with Gasteiger partial charge in [-0.15, -0.1) is 0 Å². The van der Waals surface area contributed by atoms with Crippen LogP contribution in [0.25, 0.3) is 0 Å². The van der Waals surface area contributed by atoms with Crippen LogP contribution in [-0.2, 0) is 9.53 Å². The molecule has 1 atom stereocenters. The topological polar surface area (TPSA) is 79.2 Å². The fraction of sp³-hybridized carbons (Fsp3) is 0.400. The highest BCUT2D eigenvalue weighted by atomic mass is 16.5. The maximum atomic E-state index is 11.7. The third kappa shape index (κ3) is 3.35. The Morgan fingerprint density at radius 1 is 1.40 bits per heavy atom. The summed E-state index contributed by atoms with van der Waals surface area (Å²) in [6.45, 7) is 1.32. The van der Waals surface area contributed by atoms with E-state index in [1.807, 2.05) is 0 Å². The number of hydrogen-bond acceptors (Lipinski definition) is 4. The molecule has 1 aliphatic rings. The highest BCUT2D eigenvalue weighted by Gasteiger charge is 2.43. The largest absolute Gasteiger partial charge is 0.452 e. The minimum absolute atomic E-state index is 0.196. The van der Waals surface area contributed by atoms with E-state index in [-0.39, 0.29) is 12.5 Å². The molecule has 1 aromatic rings. The van der Waals surface area contributed by atoms with E-state index in [1.165, 1.54) is 0 Å². The first kappa shape index (κ1) is 14.1. The van der Waals surface area contributed by atoms with Crippen molar-refractivity contribution in [2.45, 2.75) is 25.3 Å². The van der Waals surface area contributed by atoms with E-state index >= 15 is 0 Å². The average Bonchev–Trinajstić information content (AvgIpc) is 3.30. The number of carbonyl (C=O) groups excluding carboxylic acids is 2. The van der Waals surface area contributed by atoms with Crippen molar-refractivity contribution in [2.24, 2.45) is 5.92 Å². The minimum atomic E-state index is -0.865. The highest BCUT2D eigenvalue weighted by molar-refractivity contribution is 5.91. The number of amides is 1. The van der Waals surface area contributed by atoms with Gasteiger partial charge in [-0.1, -0.05) is 18.2 Å². The maximum Gasteiger partial charge on any atom is 0.338 e. The van der Waals surface area contributed by atoms with Gasteiger partial charge in [-0.2, -0.15) is 5.26 Å². The molecule has 104 valence electrons. The second-order valence-electron chi connectivity index (χ2n) is 5.08. The summed E-state index contributed by atoms with van der Waals surface area (Å²) in [5.41, 5.74) is -0.471. The smallest absolute Gasteiger partial charge is 0.338 e. The number of nitrogens with zero attached hydrogens (tertiary/aromatic N) is 1. The molecule has 0 aromatic heterocycles. The second-order valence-corrected chi connectivity index (χ2v) is 5.08. The van der Waals surface area contributed by atoms with E-state index in [9.17, 15) is 9.59 Å². The Morgan fingerprint density at radius 3 is 2.60 bits per heavy atom. The fourth-order valence-corrected chi connectivity index (χ4v) is 2.00. The van der Waals surface area contributed by atoms with Crippen LogP contribution in [0.3, 0.4) is 0 Å². The lowest BCUT2D eigenvalue weighted by atomic mass is 9.98. The molecule has 0 spiro atoms. The van der Waals surface area contributed by atoms with Crippen molar-refractivity contribution in [3.8, 4) is 6.07 Å². The summed E-state index contributed by atoms with van der Waals surface area (Å²) in [6, 6.07) is 10.6. The molecule has 0 heterocycles. The van der Waals surface area contributed by atoms with Crippen molar-refractivity contribution < 1.29 is 14.3 Å². The van der Waals surface area contributed by atoms with Gasteiger partial charge in [0.25, 0.3) is 5.91 Å². The van der Waals surface area contributed by atoms with Crippen molar-refractivity contribution in [1.29, 1.82) is 5.26 Å². The van der Waals surface area contributed by atoms with Gasteiger partial charge in [0.15, 0.2) is 6.61 Å². The quantitative estimate of drug-likeness (QED) is 0.827. The molecule has 5 heteroatoms. The van der Waals surface area contributed by atoms with Gasteiger partial charge in [0.1, 0.15) is 5.54 Å². The molecule has 20 heavy (non-hydrogen) atoms. The van der Waals surface area contributed by atoms with Crippen LogP contribution < -0.4 is 5.32 Å². The molecular formula is C15H16N2O3. The van der Waals surface area contributed by atoms with Crippen LogP contribution in [0, 0.1) is 17.2 Å². The van der Waals surface area contributed by atoms with Crippen LogP contribution in [0.2, 0.25) is 0 Å². The highest BCUT2D eigenvalue weighted by Crippen LogP contribution is 2.39. The summed E-state index contributed by atoms with van der Waals surface area (Å²) in [4.78, 5) is 23.4. The predicted molar refractivity (Wildman–Crippen MR) is 71.6 cm³/mol. The maximum absolute atomic E-state index is 11.7. The lowest BCUT2D eigenvalue weighted by Crippen LogP contribution is -2.48. The molecule has 2 rings (SSSR count). The molecule has 0 unspecified atom stereocenters. The number of benzene rings is 1. The summed E-state index contributed by atoms with van der Waals surface area (Å²) in [5.74, 6) is -0.808. The molecule has 1 aliphatic carbocycles. The Balaban J connectivity index is 1.84. The summed E-state index contributed by atoms with van der Waals surface area (Å²) < 4.78 is 4.92. The van der Waals surface area contributed by atoms with Gasteiger partial charge in [-0.05, 0) is 37.8 Å². The number of esters is 1. The minimum Gasteiger partial charge on any atom is -0.452 e. The Morgan fingerprint density at radius 2 is 2.05 bits per heavy atom. The van der Waals surface area contributed by atoms with Gasteiger partial charge in [-0.25, -0.2) is 4.79 Å². The van der Waals surface area contributed by atoms with E-state index in [0.29, 0.717) is 5.56 Å². The predicted octanol–water partition coefficient (Wildman–Crippen LogP) is 1.65. The van der Waals surface area contributed by atoms with E-state index in [1.54, 1.807) is 37.3 Å². The van der Waals surface area contributed by atoms with Crippen molar-refractivity contribution in [3.63, 3.8) is 0 Å². The first-order valence-electron chi connectivity index (χ1n) is 6.49. The van der Waals surface area contributed by atoms with Crippen LogP contribution in [0.5, 0.6) is 0 Å². The normalized spacial score (nSPS) is 16.6. The molecule has 0 aliphatic heterocycles. The number of rotatable bonds is 5. The zero-order chi connectivity index (χ0) is 14.6. The Labute approximate surface area is 117 Å². The van der Waals surface area contributed by atoms with Crippen molar-refractivity contribution in [2.75, 3.05) is 6.61 Å². The second kappa shape index (κ2) is 5.74. The molecule has 5 nitrogen and oxygen atoms in total. The summed E-state index contributed by atoms with van der Waals surface area (Å²) >= 11 is 0. The fourth-order valence-electron chi connectivity index (χ4n) is 2.00. The number of nitrogens with one attached hydrogen (secondary N) is 1. The standard InChI is InChI=1S/C15H16N2O3/c1-15(10-16,12-7-8-12)17-13(18)9-20-14(19)11-5-3-2-4-6-11/h2-6,12H,7-9H2,1H3,(H,17,18)/t15-/m1/s1.